The number of alkyl halides is 3. The Hall–Kier alpha value is -2.58. The molecule has 0 spiro atoms. The highest BCUT2D eigenvalue weighted by Crippen LogP contribution is 2.30. The average Bonchev–Trinajstić information content (AvgIpc) is 2.47. The summed E-state index contributed by atoms with van der Waals surface area (Å²) in [4.78, 5) is 12.3. The molecular weight excluding hydrogens is 297 g/mol. The Morgan fingerprint density at radius 1 is 0.955 bits per heavy atom. The van der Waals surface area contributed by atoms with Gasteiger partial charge in [-0.25, -0.2) is 0 Å². The number of hydrogen-bond donors (Lipinski definition) is 3. The molecule has 3 N–H and O–H groups in total. The second-order valence-corrected chi connectivity index (χ2v) is 4.29. The highest BCUT2D eigenvalue weighted by atomic mass is 19.4. The third-order valence-corrected chi connectivity index (χ3v) is 2.66. The minimum Gasteiger partial charge on any atom is -0.357 e. The van der Waals surface area contributed by atoms with Gasteiger partial charge in [-0.1, -0.05) is 0 Å². The van der Waals surface area contributed by atoms with Gasteiger partial charge in [0.2, 0.25) is 17.8 Å². The molecule has 9 heteroatoms. The molecule has 2 rings (SSSR count). The van der Waals surface area contributed by atoms with E-state index in [1.807, 2.05) is 6.92 Å². The molecule has 0 saturated carbocycles. The van der Waals surface area contributed by atoms with Gasteiger partial charge in [-0.05, 0) is 31.2 Å². The lowest BCUT2D eigenvalue weighted by Crippen LogP contribution is -2.09. The third-order valence-electron chi connectivity index (χ3n) is 2.66. The molecule has 0 atom stereocenters. The van der Waals surface area contributed by atoms with Crippen LogP contribution in [-0.4, -0.2) is 28.5 Å². The standard InChI is InChI=1S/C13H15F3N6/c1-3-18-11-20-10(17-2)21-12(22-11)19-9-6-4-8(5-7-9)13(14,15)16/h4-7H,3H2,1-2H3,(H3,17,18,19,20,21,22). The number of halogens is 3. The first kappa shape index (κ1) is 15.8. The molecule has 0 unspecified atom stereocenters. The van der Waals surface area contributed by atoms with Crippen molar-refractivity contribution in [3.63, 3.8) is 0 Å². The lowest BCUT2D eigenvalue weighted by Gasteiger charge is -2.10. The molecule has 0 fully saturated rings. The zero-order chi connectivity index (χ0) is 16.2. The summed E-state index contributed by atoms with van der Waals surface area (Å²) in [5.74, 6) is 0.951. The van der Waals surface area contributed by atoms with Crippen molar-refractivity contribution >= 4 is 23.5 Å². The SMILES string of the molecule is CCNc1nc(NC)nc(Nc2ccc(C(F)(F)F)cc2)n1. The van der Waals surface area contributed by atoms with Gasteiger partial charge >= 0.3 is 6.18 Å². The van der Waals surface area contributed by atoms with Gasteiger partial charge in [0.25, 0.3) is 0 Å². The van der Waals surface area contributed by atoms with Crippen LogP contribution in [0.3, 0.4) is 0 Å². The van der Waals surface area contributed by atoms with Crippen molar-refractivity contribution < 1.29 is 13.2 Å². The van der Waals surface area contributed by atoms with Gasteiger partial charge in [-0.2, -0.15) is 28.1 Å². The summed E-state index contributed by atoms with van der Waals surface area (Å²) in [7, 11) is 1.66. The molecule has 0 saturated heterocycles. The van der Waals surface area contributed by atoms with Gasteiger partial charge in [0.15, 0.2) is 0 Å². The zero-order valence-corrected chi connectivity index (χ0v) is 12.0. The minimum atomic E-state index is -4.36. The molecule has 1 aromatic heterocycles. The predicted octanol–water partition coefficient (Wildman–Crippen LogP) is 3.11. The Bertz CT molecular complexity index is 627. The number of benzene rings is 1. The maximum atomic E-state index is 12.5. The van der Waals surface area contributed by atoms with E-state index in [-0.39, 0.29) is 5.95 Å². The van der Waals surface area contributed by atoms with Gasteiger partial charge in [0, 0.05) is 19.3 Å². The molecule has 0 aliphatic rings. The van der Waals surface area contributed by atoms with E-state index < -0.39 is 11.7 Å². The smallest absolute Gasteiger partial charge is 0.357 e. The van der Waals surface area contributed by atoms with Crippen molar-refractivity contribution in [2.75, 3.05) is 29.5 Å². The number of nitrogens with zero attached hydrogens (tertiary/aromatic N) is 3. The van der Waals surface area contributed by atoms with Crippen molar-refractivity contribution in [2.24, 2.45) is 0 Å². The van der Waals surface area contributed by atoms with E-state index in [9.17, 15) is 13.2 Å². The largest absolute Gasteiger partial charge is 0.416 e. The van der Waals surface area contributed by atoms with Crippen molar-refractivity contribution in [3.8, 4) is 0 Å². The number of rotatable bonds is 5. The Labute approximate surface area is 125 Å². The third kappa shape index (κ3) is 3.96. The Balaban J connectivity index is 2.21. The van der Waals surface area contributed by atoms with E-state index in [2.05, 4.69) is 30.9 Å². The number of nitrogens with one attached hydrogen (secondary N) is 3. The van der Waals surface area contributed by atoms with Gasteiger partial charge in [0.1, 0.15) is 0 Å². The number of hydrogen-bond acceptors (Lipinski definition) is 6. The van der Waals surface area contributed by atoms with Crippen LogP contribution in [0.25, 0.3) is 0 Å². The van der Waals surface area contributed by atoms with Gasteiger partial charge in [-0.3, -0.25) is 0 Å². The molecule has 118 valence electrons. The van der Waals surface area contributed by atoms with E-state index in [1.165, 1.54) is 12.1 Å². The van der Waals surface area contributed by atoms with Gasteiger partial charge in [-0.15, -0.1) is 0 Å². The predicted molar refractivity (Wildman–Crippen MR) is 78.3 cm³/mol. The minimum absolute atomic E-state index is 0.232. The van der Waals surface area contributed by atoms with Crippen molar-refractivity contribution in [1.82, 2.24) is 15.0 Å². The second-order valence-electron chi connectivity index (χ2n) is 4.29. The summed E-state index contributed by atoms with van der Waals surface area (Å²) in [6.07, 6.45) is -4.36. The fourth-order valence-electron chi connectivity index (χ4n) is 1.65. The molecule has 1 aromatic carbocycles. The molecule has 22 heavy (non-hydrogen) atoms. The maximum absolute atomic E-state index is 12.5. The zero-order valence-electron chi connectivity index (χ0n) is 12.0. The second kappa shape index (κ2) is 6.46. The normalized spacial score (nSPS) is 11.1. The number of anilines is 4. The Morgan fingerprint density at radius 2 is 1.55 bits per heavy atom. The molecule has 0 bridgehead atoms. The van der Waals surface area contributed by atoms with Crippen LogP contribution in [0.4, 0.5) is 36.7 Å². The lowest BCUT2D eigenvalue weighted by atomic mass is 10.2. The van der Waals surface area contributed by atoms with Crippen LogP contribution >= 0.6 is 0 Å². The fourth-order valence-corrected chi connectivity index (χ4v) is 1.65. The van der Waals surface area contributed by atoms with Crippen LogP contribution in [0.15, 0.2) is 24.3 Å². The van der Waals surface area contributed by atoms with Crippen LogP contribution in [0.2, 0.25) is 0 Å². The topological polar surface area (TPSA) is 74.8 Å². The summed E-state index contributed by atoms with van der Waals surface area (Å²) in [6, 6.07) is 4.62. The summed E-state index contributed by atoms with van der Waals surface area (Å²) in [5, 5.41) is 8.58. The van der Waals surface area contributed by atoms with Crippen molar-refractivity contribution in [1.29, 1.82) is 0 Å². The molecule has 0 aliphatic heterocycles. The van der Waals surface area contributed by atoms with Gasteiger partial charge < -0.3 is 16.0 Å². The van der Waals surface area contributed by atoms with Crippen LogP contribution in [0.5, 0.6) is 0 Å². The molecule has 2 aromatic rings. The van der Waals surface area contributed by atoms with E-state index in [4.69, 9.17) is 0 Å². The fraction of sp³-hybridized carbons (Fsp3) is 0.308. The highest BCUT2D eigenvalue weighted by Gasteiger charge is 2.29. The Morgan fingerprint density at radius 3 is 2.09 bits per heavy atom. The molecule has 0 aliphatic carbocycles. The average molecular weight is 312 g/mol. The summed E-state index contributed by atoms with van der Waals surface area (Å²) in [5.41, 5.74) is -0.262. The van der Waals surface area contributed by atoms with Crippen LogP contribution in [-0.2, 0) is 6.18 Å². The maximum Gasteiger partial charge on any atom is 0.416 e. The first-order valence-corrected chi connectivity index (χ1v) is 6.54. The molecule has 6 nitrogen and oxygen atoms in total. The van der Waals surface area contributed by atoms with Crippen LogP contribution in [0, 0.1) is 0 Å². The summed E-state index contributed by atoms with van der Waals surface area (Å²) >= 11 is 0. The monoisotopic (exact) mass is 312 g/mol. The van der Waals surface area contributed by atoms with Crippen LogP contribution in [0.1, 0.15) is 12.5 Å². The summed E-state index contributed by atoms with van der Waals surface area (Å²) in [6.45, 7) is 2.53. The van der Waals surface area contributed by atoms with E-state index >= 15 is 0 Å². The first-order valence-electron chi connectivity index (χ1n) is 6.54. The quantitative estimate of drug-likeness (QED) is 0.788. The van der Waals surface area contributed by atoms with Crippen LogP contribution < -0.4 is 16.0 Å². The molecular formula is C13H15F3N6. The lowest BCUT2D eigenvalue weighted by molar-refractivity contribution is -0.137. The van der Waals surface area contributed by atoms with Crippen molar-refractivity contribution in [2.45, 2.75) is 13.1 Å². The Kier molecular flexibility index (Phi) is 4.64. The first-order chi connectivity index (χ1) is 10.4. The van der Waals surface area contributed by atoms with Gasteiger partial charge in [0.05, 0.1) is 5.56 Å². The number of aromatic nitrogens is 3. The molecule has 0 radical (unpaired) electrons. The van der Waals surface area contributed by atoms with E-state index in [0.717, 1.165) is 12.1 Å². The van der Waals surface area contributed by atoms with E-state index in [1.54, 1.807) is 7.05 Å². The van der Waals surface area contributed by atoms with E-state index in [0.29, 0.717) is 24.1 Å². The molecule has 1 heterocycles. The summed E-state index contributed by atoms with van der Waals surface area (Å²) < 4.78 is 37.5. The van der Waals surface area contributed by atoms with Crippen molar-refractivity contribution in [3.05, 3.63) is 29.8 Å². The molecule has 0 amide bonds. The highest BCUT2D eigenvalue weighted by molar-refractivity contribution is 5.56.